The first kappa shape index (κ1) is 16.7. The summed E-state index contributed by atoms with van der Waals surface area (Å²) in [6, 6.07) is 6.74. The van der Waals surface area contributed by atoms with Gasteiger partial charge in [-0.25, -0.2) is 0 Å². The van der Waals surface area contributed by atoms with Crippen molar-refractivity contribution >= 4 is 29.1 Å². The molecule has 0 saturated carbocycles. The van der Waals surface area contributed by atoms with Gasteiger partial charge in [0.2, 0.25) is 17.7 Å². The fourth-order valence-corrected chi connectivity index (χ4v) is 1.67. The Labute approximate surface area is 124 Å². The molecule has 0 aromatic heterocycles. The van der Waals surface area contributed by atoms with Crippen LogP contribution in [0.15, 0.2) is 24.3 Å². The third-order valence-corrected chi connectivity index (χ3v) is 2.53. The van der Waals surface area contributed by atoms with Crippen LogP contribution in [0.4, 0.5) is 11.4 Å². The first-order chi connectivity index (χ1) is 9.86. The van der Waals surface area contributed by atoms with Crippen molar-refractivity contribution in [3.05, 3.63) is 24.3 Å². The number of hydrogen-bond acceptors (Lipinski definition) is 3. The van der Waals surface area contributed by atoms with Crippen LogP contribution in [0, 0.1) is 5.92 Å². The topological polar surface area (TPSA) is 87.3 Å². The molecule has 1 aromatic carbocycles. The van der Waals surface area contributed by atoms with Gasteiger partial charge < -0.3 is 16.0 Å². The van der Waals surface area contributed by atoms with Crippen molar-refractivity contribution in [2.45, 2.75) is 27.2 Å². The number of anilines is 2. The molecule has 3 amide bonds. The number of nitrogens with one attached hydrogen (secondary N) is 3. The Kier molecular flexibility index (Phi) is 6.39. The van der Waals surface area contributed by atoms with Gasteiger partial charge in [0.05, 0.1) is 6.54 Å². The van der Waals surface area contributed by atoms with Gasteiger partial charge in [0.1, 0.15) is 0 Å². The summed E-state index contributed by atoms with van der Waals surface area (Å²) in [6.07, 6.45) is 0.401. The van der Waals surface area contributed by atoms with Crippen LogP contribution in [0.5, 0.6) is 0 Å². The molecule has 1 aromatic rings. The molecule has 0 heterocycles. The molecule has 0 aliphatic heterocycles. The lowest BCUT2D eigenvalue weighted by molar-refractivity contribution is -0.124. The van der Waals surface area contributed by atoms with E-state index in [1.54, 1.807) is 24.3 Å². The maximum absolute atomic E-state index is 11.7. The predicted molar refractivity (Wildman–Crippen MR) is 81.8 cm³/mol. The van der Waals surface area contributed by atoms with Gasteiger partial charge in [-0.1, -0.05) is 13.8 Å². The molecule has 0 radical (unpaired) electrons. The van der Waals surface area contributed by atoms with Crippen molar-refractivity contribution in [3.63, 3.8) is 0 Å². The van der Waals surface area contributed by atoms with E-state index >= 15 is 0 Å². The van der Waals surface area contributed by atoms with E-state index in [-0.39, 0.29) is 30.2 Å². The highest BCUT2D eigenvalue weighted by Crippen LogP contribution is 2.13. The zero-order chi connectivity index (χ0) is 15.8. The molecule has 1 rings (SSSR count). The molecule has 0 spiro atoms. The van der Waals surface area contributed by atoms with Crippen LogP contribution < -0.4 is 16.0 Å². The molecule has 3 N–H and O–H groups in total. The zero-order valence-corrected chi connectivity index (χ0v) is 12.5. The van der Waals surface area contributed by atoms with Gasteiger partial charge >= 0.3 is 0 Å². The summed E-state index contributed by atoms with van der Waals surface area (Å²) in [5.74, 6) is -0.324. The molecule has 21 heavy (non-hydrogen) atoms. The summed E-state index contributed by atoms with van der Waals surface area (Å²) in [7, 11) is 0. The Morgan fingerprint density at radius 2 is 1.48 bits per heavy atom. The summed E-state index contributed by atoms with van der Waals surface area (Å²) >= 11 is 0. The van der Waals surface area contributed by atoms with E-state index in [1.165, 1.54) is 6.92 Å². The summed E-state index contributed by atoms with van der Waals surface area (Å²) in [5, 5.41) is 7.86. The second kappa shape index (κ2) is 8.04. The predicted octanol–water partition coefficient (Wildman–Crippen LogP) is 1.75. The van der Waals surface area contributed by atoms with E-state index < -0.39 is 0 Å². The summed E-state index contributed by atoms with van der Waals surface area (Å²) < 4.78 is 0. The molecule has 6 heteroatoms. The summed E-state index contributed by atoms with van der Waals surface area (Å²) in [6.45, 7) is 5.25. The molecule has 0 atom stereocenters. The van der Waals surface area contributed by atoms with Crippen molar-refractivity contribution < 1.29 is 14.4 Å². The van der Waals surface area contributed by atoms with Crippen molar-refractivity contribution in [2.24, 2.45) is 5.92 Å². The number of rotatable bonds is 6. The standard InChI is InChI=1S/C15H21N3O3/c1-10(2)8-14(20)16-9-15(21)18-13-6-4-12(5-7-13)17-11(3)19/h4-7,10H,8-9H2,1-3H3,(H,16,20)(H,17,19)(H,18,21). The second-order valence-electron chi connectivity index (χ2n) is 5.18. The lowest BCUT2D eigenvalue weighted by Crippen LogP contribution is -2.33. The molecule has 6 nitrogen and oxygen atoms in total. The number of benzene rings is 1. The van der Waals surface area contributed by atoms with Gasteiger partial charge in [-0.15, -0.1) is 0 Å². The van der Waals surface area contributed by atoms with Crippen molar-refractivity contribution in [2.75, 3.05) is 17.2 Å². The third-order valence-electron chi connectivity index (χ3n) is 2.53. The van der Waals surface area contributed by atoms with Crippen LogP contribution in [-0.4, -0.2) is 24.3 Å². The average molecular weight is 291 g/mol. The van der Waals surface area contributed by atoms with Gasteiger partial charge in [-0.05, 0) is 30.2 Å². The molecule has 0 bridgehead atoms. The molecule has 114 valence electrons. The lowest BCUT2D eigenvalue weighted by Gasteiger charge is -2.09. The van der Waals surface area contributed by atoms with Gasteiger partial charge in [0.25, 0.3) is 0 Å². The molecular formula is C15H21N3O3. The van der Waals surface area contributed by atoms with Crippen molar-refractivity contribution in [1.29, 1.82) is 0 Å². The first-order valence-corrected chi connectivity index (χ1v) is 6.81. The van der Waals surface area contributed by atoms with Crippen LogP contribution >= 0.6 is 0 Å². The smallest absolute Gasteiger partial charge is 0.243 e. The van der Waals surface area contributed by atoms with E-state index in [0.29, 0.717) is 17.8 Å². The highest BCUT2D eigenvalue weighted by Gasteiger charge is 2.07. The van der Waals surface area contributed by atoms with Gasteiger partial charge in [-0.2, -0.15) is 0 Å². The van der Waals surface area contributed by atoms with Crippen LogP contribution in [0.2, 0.25) is 0 Å². The van der Waals surface area contributed by atoms with Crippen LogP contribution in [0.3, 0.4) is 0 Å². The van der Waals surface area contributed by atoms with Crippen molar-refractivity contribution in [1.82, 2.24) is 5.32 Å². The minimum absolute atomic E-state index is 0.0565. The lowest BCUT2D eigenvalue weighted by atomic mass is 10.1. The second-order valence-corrected chi connectivity index (χ2v) is 5.18. The Hall–Kier alpha value is -2.37. The number of carbonyl (C=O) groups is 3. The van der Waals surface area contributed by atoms with Gasteiger partial charge in [0, 0.05) is 24.7 Å². The highest BCUT2D eigenvalue weighted by molar-refractivity contribution is 5.95. The average Bonchev–Trinajstić information content (AvgIpc) is 2.37. The van der Waals surface area contributed by atoms with Crippen LogP contribution in [0.25, 0.3) is 0 Å². The maximum atomic E-state index is 11.7. The number of carbonyl (C=O) groups excluding carboxylic acids is 3. The van der Waals surface area contributed by atoms with E-state index in [2.05, 4.69) is 16.0 Å². The Balaban J connectivity index is 2.40. The molecule has 0 aliphatic rings. The van der Waals surface area contributed by atoms with Gasteiger partial charge in [-0.3, -0.25) is 14.4 Å². The maximum Gasteiger partial charge on any atom is 0.243 e. The minimum atomic E-state index is -0.292. The molecule has 0 unspecified atom stereocenters. The largest absolute Gasteiger partial charge is 0.347 e. The van der Waals surface area contributed by atoms with E-state index in [1.807, 2.05) is 13.8 Å². The number of amides is 3. The Morgan fingerprint density at radius 1 is 0.952 bits per heavy atom. The normalized spacial score (nSPS) is 10.1. The van der Waals surface area contributed by atoms with Crippen LogP contribution in [0.1, 0.15) is 27.2 Å². The summed E-state index contributed by atoms with van der Waals surface area (Å²) in [5.41, 5.74) is 1.26. The molecule has 0 saturated heterocycles. The van der Waals surface area contributed by atoms with Crippen LogP contribution in [-0.2, 0) is 14.4 Å². The zero-order valence-electron chi connectivity index (χ0n) is 12.5. The monoisotopic (exact) mass is 291 g/mol. The highest BCUT2D eigenvalue weighted by atomic mass is 16.2. The fraction of sp³-hybridized carbons (Fsp3) is 0.400. The van der Waals surface area contributed by atoms with Gasteiger partial charge in [0.15, 0.2) is 0 Å². The van der Waals surface area contributed by atoms with Crippen molar-refractivity contribution in [3.8, 4) is 0 Å². The fourth-order valence-electron chi connectivity index (χ4n) is 1.67. The van der Waals surface area contributed by atoms with E-state index in [4.69, 9.17) is 0 Å². The Morgan fingerprint density at radius 3 is 1.95 bits per heavy atom. The Bertz CT molecular complexity index is 509. The minimum Gasteiger partial charge on any atom is -0.347 e. The SMILES string of the molecule is CC(=O)Nc1ccc(NC(=O)CNC(=O)CC(C)C)cc1. The molecule has 0 fully saturated rings. The van der Waals surface area contributed by atoms with E-state index in [0.717, 1.165) is 0 Å². The van der Waals surface area contributed by atoms with E-state index in [9.17, 15) is 14.4 Å². The quantitative estimate of drug-likeness (QED) is 0.746. The molecule has 0 aliphatic carbocycles. The summed E-state index contributed by atoms with van der Waals surface area (Å²) in [4.78, 5) is 34.0. The first-order valence-electron chi connectivity index (χ1n) is 6.81. The third kappa shape index (κ3) is 7.10. The molecular weight excluding hydrogens is 270 g/mol. The number of hydrogen-bond donors (Lipinski definition) is 3.